The van der Waals surface area contributed by atoms with Crippen LogP contribution in [0, 0.1) is 5.92 Å². The highest BCUT2D eigenvalue weighted by molar-refractivity contribution is 4.92. The number of nitrogens with two attached hydrogens (primary N) is 1. The molecule has 2 heteroatoms. The lowest BCUT2D eigenvalue weighted by atomic mass is 9.80. The highest BCUT2D eigenvalue weighted by atomic mass is 15.2. The molecule has 0 aromatic heterocycles. The summed E-state index contributed by atoms with van der Waals surface area (Å²) in [6.45, 7) is 6.00. The van der Waals surface area contributed by atoms with Crippen molar-refractivity contribution in [2.24, 2.45) is 11.7 Å². The maximum Gasteiger partial charge on any atom is 0.0252 e. The summed E-state index contributed by atoms with van der Waals surface area (Å²) in [6.07, 6.45) is 12.2. The maximum absolute atomic E-state index is 6.45. The highest BCUT2D eigenvalue weighted by Crippen LogP contribution is 2.32. The standard InChI is InChI=1S/C16H32N2/c1-3-13-9-10-15(17)16(12-13)18-11-7-5-6-8-14(18)4-2/h13-16H,3-12,17H2,1-2H3. The number of hydrogen-bond donors (Lipinski definition) is 1. The lowest BCUT2D eigenvalue weighted by molar-refractivity contribution is 0.0702. The molecular weight excluding hydrogens is 220 g/mol. The largest absolute Gasteiger partial charge is 0.326 e. The molecule has 4 atom stereocenters. The third-order valence-corrected chi connectivity index (χ3v) is 5.37. The van der Waals surface area contributed by atoms with Gasteiger partial charge in [0.25, 0.3) is 0 Å². The quantitative estimate of drug-likeness (QED) is 0.832. The van der Waals surface area contributed by atoms with Gasteiger partial charge in [0.1, 0.15) is 0 Å². The molecule has 0 aromatic carbocycles. The van der Waals surface area contributed by atoms with Crippen LogP contribution in [-0.4, -0.2) is 29.6 Å². The van der Waals surface area contributed by atoms with Crippen molar-refractivity contribution >= 4 is 0 Å². The fourth-order valence-corrected chi connectivity index (χ4v) is 4.08. The first-order valence-electron chi connectivity index (χ1n) is 8.27. The third kappa shape index (κ3) is 3.27. The summed E-state index contributed by atoms with van der Waals surface area (Å²) in [5.41, 5.74) is 6.45. The van der Waals surface area contributed by atoms with Gasteiger partial charge in [0.2, 0.25) is 0 Å². The maximum atomic E-state index is 6.45. The van der Waals surface area contributed by atoms with Gasteiger partial charge in [0.05, 0.1) is 0 Å². The molecule has 2 fully saturated rings. The average Bonchev–Trinajstić information content (AvgIpc) is 2.64. The summed E-state index contributed by atoms with van der Waals surface area (Å²) >= 11 is 0. The van der Waals surface area contributed by atoms with Crippen molar-refractivity contribution in [3.05, 3.63) is 0 Å². The SMILES string of the molecule is CCC1CCC(N)C(N2CCCCCC2CC)C1. The average molecular weight is 252 g/mol. The van der Waals surface area contributed by atoms with Crippen LogP contribution in [-0.2, 0) is 0 Å². The van der Waals surface area contributed by atoms with Crippen LogP contribution in [0.1, 0.15) is 71.6 Å². The van der Waals surface area contributed by atoms with Gasteiger partial charge in [0.15, 0.2) is 0 Å². The van der Waals surface area contributed by atoms with E-state index < -0.39 is 0 Å². The minimum Gasteiger partial charge on any atom is -0.326 e. The minimum absolute atomic E-state index is 0.431. The van der Waals surface area contributed by atoms with E-state index in [9.17, 15) is 0 Å². The number of hydrogen-bond acceptors (Lipinski definition) is 2. The topological polar surface area (TPSA) is 29.3 Å². The Hall–Kier alpha value is -0.0800. The Morgan fingerprint density at radius 1 is 1.00 bits per heavy atom. The summed E-state index contributed by atoms with van der Waals surface area (Å²) in [6, 6.07) is 1.91. The summed E-state index contributed by atoms with van der Waals surface area (Å²) in [5.74, 6) is 0.926. The molecule has 0 spiro atoms. The van der Waals surface area contributed by atoms with Gasteiger partial charge in [-0.15, -0.1) is 0 Å². The zero-order valence-corrected chi connectivity index (χ0v) is 12.4. The van der Waals surface area contributed by atoms with Gasteiger partial charge in [-0.1, -0.05) is 33.1 Å². The van der Waals surface area contributed by atoms with Crippen LogP contribution >= 0.6 is 0 Å². The zero-order valence-electron chi connectivity index (χ0n) is 12.4. The number of likely N-dealkylation sites (tertiary alicyclic amines) is 1. The van der Waals surface area contributed by atoms with Crippen LogP contribution in [0.15, 0.2) is 0 Å². The monoisotopic (exact) mass is 252 g/mol. The fraction of sp³-hybridized carbons (Fsp3) is 1.00. The van der Waals surface area contributed by atoms with Crippen LogP contribution in [0.2, 0.25) is 0 Å². The first-order valence-corrected chi connectivity index (χ1v) is 8.27. The second kappa shape index (κ2) is 6.91. The van der Waals surface area contributed by atoms with Crippen molar-refractivity contribution in [3.8, 4) is 0 Å². The molecule has 2 N–H and O–H groups in total. The van der Waals surface area contributed by atoms with Gasteiger partial charge in [0, 0.05) is 18.1 Å². The van der Waals surface area contributed by atoms with E-state index in [1.807, 2.05) is 0 Å². The van der Waals surface area contributed by atoms with E-state index in [2.05, 4.69) is 18.7 Å². The summed E-state index contributed by atoms with van der Waals surface area (Å²) in [7, 11) is 0. The molecule has 4 unspecified atom stereocenters. The molecule has 0 bridgehead atoms. The van der Waals surface area contributed by atoms with Crippen molar-refractivity contribution in [2.45, 2.75) is 89.8 Å². The van der Waals surface area contributed by atoms with Gasteiger partial charge in [-0.05, 0) is 51.0 Å². The van der Waals surface area contributed by atoms with Crippen molar-refractivity contribution in [3.63, 3.8) is 0 Å². The van der Waals surface area contributed by atoms with Crippen LogP contribution in [0.3, 0.4) is 0 Å². The van der Waals surface area contributed by atoms with Crippen molar-refractivity contribution in [2.75, 3.05) is 6.54 Å². The van der Waals surface area contributed by atoms with Gasteiger partial charge >= 0.3 is 0 Å². The van der Waals surface area contributed by atoms with E-state index in [0.717, 1.165) is 12.0 Å². The van der Waals surface area contributed by atoms with Crippen molar-refractivity contribution in [1.29, 1.82) is 0 Å². The predicted octanol–water partition coefficient (Wildman–Crippen LogP) is 3.55. The van der Waals surface area contributed by atoms with E-state index in [-0.39, 0.29) is 0 Å². The minimum atomic E-state index is 0.431. The Balaban J connectivity index is 2.05. The van der Waals surface area contributed by atoms with Crippen molar-refractivity contribution < 1.29 is 0 Å². The molecule has 2 aliphatic rings. The molecule has 1 heterocycles. The van der Waals surface area contributed by atoms with Crippen molar-refractivity contribution in [1.82, 2.24) is 4.90 Å². The van der Waals surface area contributed by atoms with E-state index in [1.54, 1.807) is 0 Å². The van der Waals surface area contributed by atoms with Gasteiger partial charge in [-0.2, -0.15) is 0 Å². The van der Waals surface area contributed by atoms with Crippen LogP contribution in [0.5, 0.6) is 0 Å². The number of nitrogens with zero attached hydrogens (tertiary/aromatic N) is 1. The van der Waals surface area contributed by atoms with E-state index >= 15 is 0 Å². The van der Waals surface area contributed by atoms with E-state index in [4.69, 9.17) is 5.73 Å². The normalized spacial score (nSPS) is 39.5. The molecule has 2 nitrogen and oxygen atoms in total. The van der Waals surface area contributed by atoms with E-state index in [0.29, 0.717) is 12.1 Å². The first kappa shape index (κ1) is 14.3. The van der Waals surface area contributed by atoms with Crippen LogP contribution in [0.25, 0.3) is 0 Å². The van der Waals surface area contributed by atoms with Gasteiger partial charge < -0.3 is 5.73 Å². The predicted molar refractivity (Wildman–Crippen MR) is 78.6 cm³/mol. The van der Waals surface area contributed by atoms with Gasteiger partial charge in [-0.3, -0.25) is 4.90 Å². The first-order chi connectivity index (χ1) is 8.76. The molecular formula is C16H32N2. The molecule has 0 amide bonds. The van der Waals surface area contributed by atoms with E-state index in [1.165, 1.54) is 64.3 Å². The second-order valence-electron chi connectivity index (χ2n) is 6.47. The Labute approximate surface area is 113 Å². The van der Waals surface area contributed by atoms with Crippen LogP contribution in [0.4, 0.5) is 0 Å². The molecule has 1 saturated heterocycles. The highest BCUT2D eigenvalue weighted by Gasteiger charge is 2.34. The summed E-state index contributed by atoms with van der Waals surface area (Å²) in [5, 5.41) is 0. The third-order valence-electron chi connectivity index (χ3n) is 5.37. The Morgan fingerprint density at radius 3 is 2.56 bits per heavy atom. The zero-order chi connectivity index (χ0) is 13.0. The number of rotatable bonds is 3. The summed E-state index contributed by atoms with van der Waals surface area (Å²) < 4.78 is 0. The molecule has 106 valence electrons. The smallest absolute Gasteiger partial charge is 0.0252 e. The second-order valence-corrected chi connectivity index (χ2v) is 6.47. The van der Waals surface area contributed by atoms with Gasteiger partial charge in [-0.25, -0.2) is 0 Å². The lowest BCUT2D eigenvalue weighted by Gasteiger charge is -2.44. The molecule has 18 heavy (non-hydrogen) atoms. The Bertz CT molecular complexity index is 241. The fourth-order valence-electron chi connectivity index (χ4n) is 4.08. The molecule has 1 saturated carbocycles. The Morgan fingerprint density at radius 2 is 1.83 bits per heavy atom. The molecule has 1 aliphatic carbocycles. The molecule has 0 aromatic rings. The molecule has 0 radical (unpaired) electrons. The molecule has 2 rings (SSSR count). The van der Waals surface area contributed by atoms with Crippen LogP contribution < -0.4 is 5.73 Å². The summed E-state index contributed by atoms with van der Waals surface area (Å²) in [4.78, 5) is 2.81. The Kier molecular flexibility index (Phi) is 5.50. The lowest BCUT2D eigenvalue weighted by Crippen LogP contribution is -2.54. The molecule has 1 aliphatic heterocycles.